The van der Waals surface area contributed by atoms with Crippen molar-refractivity contribution >= 4 is 23.2 Å². The van der Waals surface area contributed by atoms with Crippen LogP contribution in [0.4, 0.5) is 23.2 Å². The number of amides is 1. The Morgan fingerprint density at radius 2 is 2.00 bits per heavy atom. The zero-order valence-corrected chi connectivity index (χ0v) is 18.8. The number of rotatable bonds is 4. The van der Waals surface area contributed by atoms with Crippen LogP contribution in [0.25, 0.3) is 11.3 Å². The summed E-state index contributed by atoms with van der Waals surface area (Å²) in [6.07, 6.45) is 0.928. The summed E-state index contributed by atoms with van der Waals surface area (Å²) < 4.78 is 59.5. The van der Waals surface area contributed by atoms with Crippen LogP contribution >= 0.6 is 11.6 Å². The maximum absolute atomic E-state index is 13.8. The van der Waals surface area contributed by atoms with Crippen LogP contribution in [0.2, 0.25) is 5.02 Å². The number of aromatic nitrogens is 3. The number of carbonyl (C=O) groups excluding carboxylic acids is 1. The molecule has 1 aliphatic heterocycles. The third kappa shape index (κ3) is 3.60. The van der Waals surface area contributed by atoms with Crippen LogP contribution in [0, 0.1) is 5.82 Å². The number of nitrogens with one attached hydrogen (secondary N) is 2. The normalized spacial score (nSPS) is 26.5. The number of carbonyl (C=O) groups is 1. The van der Waals surface area contributed by atoms with E-state index in [2.05, 4.69) is 20.7 Å². The second-order valence-electron chi connectivity index (χ2n) is 9.38. The molecule has 3 heterocycles. The second kappa shape index (κ2) is 7.33. The molecule has 35 heavy (non-hydrogen) atoms. The van der Waals surface area contributed by atoms with E-state index in [1.807, 2.05) is 0 Å². The first-order chi connectivity index (χ1) is 16.6. The number of anilines is 1. The highest BCUT2D eigenvalue weighted by Crippen LogP contribution is 2.65. The van der Waals surface area contributed by atoms with Crippen LogP contribution in [0.3, 0.4) is 0 Å². The fourth-order valence-corrected chi connectivity index (χ4v) is 5.37. The summed E-state index contributed by atoms with van der Waals surface area (Å²) in [6.45, 7) is 0.227. The molecule has 0 radical (unpaired) electrons. The molecular formula is C23H18ClF4N5O2. The van der Waals surface area contributed by atoms with E-state index >= 15 is 0 Å². The molecule has 1 amide bonds. The van der Waals surface area contributed by atoms with E-state index in [9.17, 15) is 22.4 Å². The van der Waals surface area contributed by atoms with Crippen LogP contribution < -0.4 is 15.4 Å². The lowest BCUT2D eigenvalue weighted by Gasteiger charge is -2.70. The van der Waals surface area contributed by atoms with Crippen molar-refractivity contribution in [2.24, 2.45) is 0 Å². The Balaban J connectivity index is 1.08. The molecule has 2 N–H and O–H groups in total. The summed E-state index contributed by atoms with van der Waals surface area (Å²) in [5.74, 6) is -0.685. The number of ether oxygens (including phenoxy) is 1. The second-order valence-corrected chi connectivity index (χ2v) is 9.78. The number of nitrogens with zero attached hydrogens (tertiary/aromatic N) is 3. The summed E-state index contributed by atoms with van der Waals surface area (Å²) in [5, 5.41) is 10.5. The Labute approximate surface area is 201 Å². The van der Waals surface area contributed by atoms with Crippen LogP contribution in [-0.4, -0.2) is 38.9 Å². The molecule has 2 aromatic heterocycles. The minimum atomic E-state index is -4.44. The molecule has 182 valence electrons. The van der Waals surface area contributed by atoms with E-state index in [-0.39, 0.29) is 34.3 Å². The van der Waals surface area contributed by atoms with Crippen LogP contribution in [0.1, 0.15) is 24.8 Å². The van der Waals surface area contributed by atoms with Crippen molar-refractivity contribution in [3.05, 3.63) is 59.3 Å². The Hall–Kier alpha value is -3.34. The van der Waals surface area contributed by atoms with Gasteiger partial charge in [-0.1, -0.05) is 11.6 Å². The summed E-state index contributed by atoms with van der Waals surface area (Å²) in [6, 6.07) is 4.89. The highest BCUT2D eigenvalue weighted by molar-refractivity contribution is 6.31. The minimum absolute atomic E-state index is 0.0298. The third-order valence-electron chi connectivity index (χ3n) is 6.91. The molecule has 3 fully saturated rings. The average Bonchev–Trinajstić information content (AvgIpc) is 3.25. The molecule has 1 aromatic carbocycles. The van der Waals surface area contributed by atoms with Gasteiger partial charge in [-0.15, -0.1) is 0 Å². The first-order valence-electron chi connectivity index (χ1n) is 10.9. The van der Waals surface area contributed by atoms with Gasteiger partial charge in [-0.25, -0.2) is 4.39 Å². The molecule has 12 heteroatoms. The smallest absolute Gasteiger partial charge is 0.417 e. The van der Waals surface area contributed by atoms with E-state index in [0.717, 1.165) is 18.3 Å². The zero-order valence-electron chi connectivity index (χ0n) is 18.0. The SMILES string of the molecule is O=C(NC12CC(n3cc(-c4ccc(C(F)(F)F)cn4)cn3)(C1)C2)C1CNc2cc(Cl)c(F)cc2O1. The maximum Gasteiger partial charge on any atom is 0.417 e. The number of fused-ring (bicyclic) bond motifs is 1. The summed E-state index contributed by atoms with van der Waals surface area (Å²) in [5.41, 5.74) is 0.149. The first kappa shape index (κ1) is 22.1. The molecule has 7 rings (SSSR count). The lowest BCUT2D eigenvalue weighted by molar-refractivity contribution is -0.163. The van der Waals surface area contributed by atoms with E-state index in [1.165, 1.54) is 12.1 Å². The third-order valence-corrected chi connectivity index (χ3v) is 7.20. The van der Waals surface area contributed by atoms with Gasteiger partial charge in [0.1, 0.15) is 11.6 Å². The summed E-state index contributed by atoms with van der Waals surface area (Å²) in [4.78, 5) is 16.7. The fourth-order valence-electron chi connectivity index (χ4n) is 5.21. The van der Waals surface area contributed by atoms with Crippen LogP contribution in [-0.2, 0) is 16.5 Å². The highest BCUT2D eigenvalue weighted by atomic mass is 35.5. The van der Waals surface area contributed by atoms with Crippen molar-refractivity contribution in [3.63, 3.8) is 0 Å². The number of hydrogen-bond donors (Lipinski definition) is 2. The van der Waals surface area contributed by atoms with Gasteiger partial charge in [0.15, 0.2) is 6.10 Å². The predicted octanol–water partition coefficient (Wildman–Crippen LogP) is 4.38. The highest BCUT2D eigenvalue weighted by Gasteiger charge is 2.70. The van der Waals surface area contributed by atoms with Gasteiger partial charge in [0.25, 0.3) is 5.91 Å². The van der Waals surface area contributed by atoms with Crippen LogP contribution in [0.5, 0.6) is 5.75 Å². The largest absolute Gasteiger partial charge is 0.476 e. The molecule has 4 aliphatic rings. The Kier molecular flexibility index (Phi) is 4.64. The Morgan fingerprint density at radius 3 is 2.69 bits per heavy atom. The fraction of sp³-hybridized carbons (Fsp3) is 0.348. The summed E-state index contributed by atoms with van der Waals surface area (Å²) in [7, 11) is 0. The van der Waals surface area contributed by atoms with E-state index in [4.69, 9.17) is 16.3 Å². The lowest BCUT2D eigenvalue weighted by Crippen LogP contribution is -2.79. The monoisotopic (exact) mass is 507 g/mol. The van der Waals surface area contributed by atoms with E-state index < -0.39 is 23.7 Å². The number of benzene rings is 1. The number of pyridine rings is 1. The van der Waals surface area contributed by atoms with Gasteiger partial charge >= 0.3 is 6.18 Å². The quantitative estimate of drug-likeness (QED) is 0.512. The molecule has 3 aliphatic carbocycles. The van der Waals surface area contributed by atoms with Crippen molar-refractivity contribution in [3.8, 4) is 17.0 Å². The molecule has 3 saturated carbocycles. The molecule has 0 spiro atoms. The van der Waals surface area contributed by atoms with E-state index in [0.29, 0.717) is 36.2 Å². The van der Waals surface area contributed by atoms with Crippen molar-refractivity contribution in [1.82, 2.24) is 20.1 Å². The summed E-state index contributed by atoms with van der Waals surface area (Å²) >= 11 is 5.78. The van der Waals surface area contributed by atoms with Gasteiger partial charge in [-0.2, -0.15) is 18.3 Å². The standard InChI is InChI=1S/C23H18ClF4N5O2/c24-14-3-17-18(4-15(14)25)35-19(7-30-17)20(34)32-21-9-22(10-21,11-21)33-8-12(5-31-33)16-2-1-13(6-29-16)23(26,27)28/h1-6,8,19,30H,7,9-11H2,(H,32,34). The topological polar surface area (TPSA) is 81.1 Å². The van der Waals surface area contributed by atoms with Crippen molar-refractivity contribution in [2.75, 3.05) is 11.9 Å². The van der Waals surface area contributed by atoms with Gasteiger partial charge in [0, 0.05) is 29.6 Å². The van der Waals surface area contributed by atoms with Gasteiger partial charge in [-0.3, -0.25) is 14.5 Å². The Bertz CT molecular complexity index is 1320. The number of alkyl halides is 3. The van der Waals surface area contributed by atoms with Crippen molar-refractivity contribution in [1.29, 1.82) is 0 Å². The van der Waals surface area contributed by atoms with Gasteiger partial charge in [-0.05, 0) is 37.5 Å². The number of halogens is 5. The first-order valence-corrected chi connectivity index (χ1v) is 11.2. The molecule has 1 atom stereocenters. The molecular weight excluding hydrogens is 490 g/mol. The van der Waals surface area contributed by atoms with Crippen molar-refractivity contribution < 1.29 is 27.1 Å². The Morgan fingerprint density at radius 1 is 1.23 bits per heavy atom. The lowest BCUT2D eigenvalue weighted by atomic mass is 9.44. The minimum Gasteiger partial charge on any atom is -0.476 e. The maximum atomic E-state index is 13.8. The van der Waals surface area contributed by atoms with E-state index in [1.54, 1.807) is 17.1 Å². The van der Waals surface area contributed by atoms with Gasteiger partial charge in [0.2, 0.25) is 0 Å². The molecule has 1 unspecified atom stereocenters. The molecule has 3 aromatic rings. The van der Waals surface area contributed by atoms with Gasteiger partial charge < -0.3 is 15.4 Å². The van der Waals surface area contributed by atoms with Crippen molar-refractivity contribution in [2.45, 2.75) is 42.6 Å². The van der Waals surface area contributed by atoms with Crippen LogP contribution in [0.15, 0.2) is 42.9 Å². The van der Waals surface area contributed by atoms with Gasteiger partial charge in [0.05, 0.1) is 40.2 Å². The average molecular weight is 508 g/mol. The molecule has 7 nitrogen and oxygen atoms in total. The predicted molar refractivity (Wildman–Crippen MR) is 117 cm³/mol. The number of hydrogen-bond acceptors (Lipinski definition) is 5. The zero-order chi connectivity index (χ0) is 24.6. The molecule has 0 saturated heterocycles. The molecule has 2 bridgehead atoms.